The Morgan fingerprint density at radius 1 is 1.11 bits per heavy atom. The molecule has 0 amide bonds. The lowest BCUT2D eigenvalue weighted by Crippen LogP contribution is -2.01. The van der Waals surface area contributed by atoms with Gasteiger partial charge in [-0.25, -0.2) is 0 Å². The van der Waals surface area contributed by atoms with E-state index in [1.165, 1.54) is 5.56 Å². The van der Waals surface area contributed by atoms with Crippen LogP contribution in [0.15, 0.2) is 46.9 Å². The molecule has 19 heavy (non-hydrogen) atoms. The number of halogens is 1. The van der Waals surface area contributed by atoms with Gasteiger partial charge in [0.25, 0.3) is 0 Å². The van der Waals surface area contributed by atoms with Gasteiger partial charge in [-0.3, -0.25) is 0 Å². The zero-order valence-corrected chi connectivity index (χ0v) is 12.8. The van der Waals surface area contributed by atoms with E-state index in [4.69, 9.17) is 10.5 Å². The van der Waals surface area contributed by atoms with Gasteiger partial charge >= 0.3 is 0 Å². The Morgan fingerprint density at radius 2 is 1.79 bits per heavy atom. The quantitative estimate of drug-likeness (QED) is 0.826. The van der Waals surface area contributed by atoms with Crippen molar-refractivity contribution in [1.29, 1.82) is 0 Å². The van der Waals surface area contributed by atoms with Crippen LogP contribution < -0.4 is 10.5 Å². The van der Waals surface area contributed by atoms with E-state index in [0.29, 0.717) is 12.5 Å². The van der Waals surface area contributed by atoms with E-state index in [1.807, 2.05) is 30.3 Å². The topological polar surface area (TPSA) is 35.2 Å². The first-order chi connectivity index (χ1) is 9.08. The first kappa shape index (κ1) is 13.9. The molecule has 2 aromatic carbocycles. The smallest absolute Gasteiger partial charge is 0.119 e. The van der Waals surface area contributed by atoms with Crippen molar-refractivity contribution in [1.82, 2.24) is 0 Å². The summed E-state index contributed by atoms with van der Waals surface area (Å²) < 4.78 is 6.76. The molecule has 0 spiro atoms. The minimum atomic E-state index is 0.467. The number of nitrogens with two attached hydrogens (primary N) is 1. The third kappa shape index (κ3) is 3.51. The fourth-order valence-corrected chi connectivity index (χ4v) is 2.33. The van der Waals surface area contributed by atoms with Gasteiger partial charge in [-0.15, -0.1) is 0 Å². The molecule has 0 aliphatic heterocycles. The van der Waals surface area contributed by atoms with E-state index in [-0.39, 0.29) is 0 Å². The Labute approximate surface area is 122 Å². The Hall–Kier alpha value is -1.48. The van der Waals surface area contributed by atoms with Crippen molar-refractivity contribution in [2.75, 3.05) is 5.73 Å². The van der Waals surface area contributed by atoms with Gasteiger partial charge in [0.1, 0.15) is 12.4 Å². The largest absolute Gasteiger partial charge is 0.489 e. The number of hydrogen-bond donors (Lipinski definition) is 1. The summed E-state index contributed by atoms with van der Waals surface area (Å²) in [4.78, 5) is 0. The number of benzene rings is 2. The molecule has 0 saturated carbocycles. The van der Waals surface area contributed by atoms with Gasteiger partial charge in [0.05, 0.1) is 0 Å². The summed E-state index contributed by atoms with van der Waals surface area (Å²) in [5.74, 6) is 1.40. The molecule has 2 aromatic rings. The van der Waals surface area contributed by atoms with Gasteiger partial charge in [-0.1, -0.05) is 48.0 Å². The first-order valence-electron chi connectivity index (χ1n) is 6.33. The third-order valence-electron chi connectivity index (χ3n) is 3.09. The molecular weight excluding hydrogens is 302 g/mol. The molecule has 0 aliphatic rings. The Kier molecular flexibility index (Phi) is 4.48. The maximum absolute atomic E-state index is 5.94. The van der Waals surface area contributed by atoms with Crippen LogP contribution in [0, 0.1) is 0 Å². The fourth-order valence-electron chi connectivity index (χ4n) is 1.83. The highest BCUT2D eigenvalue weighted by atomic mass is 79.9. The molecule has 0 heterocycles. The van der Waals surface area contributed by atoms with E-state index < -0.39 is 0 Å². The molecule has 0 radical (unpaired) electrons. The van der Waals surface area contributed by atoms with Crippen molar-refractivity contribution in [3.8, 4) is 5.75 Å². The summed E-state index contributed by atoms with van der Waals surface area (Å²) in [6.45, 7) is 4.82. The summed E-state index contributed by atoms with van der Waals surface area (Å²) in [5, 5.41) is 0. The van der Waals surface area contributed by atoms with E-state index in [1.54, 1.807) is 0 Å². The lowest BCUT2D eigenvalue weighted by molar-refractivity contribution is 0.306. The van der Waals surface area contributed by atoms with Crippen LogP contribution in [0.25, 0.3) is 0 Å². The van der Waals surface area contributed by atoms with Crippen LogP contribution in [0.3, 0.4) is 0 Å². The highest BCUT2D eigenvalue weighted by Gasteiger charge is 2.05. The molecule has 0 unspecified atom stereocenters. The Bertz CT molecular complexity index is 529. The molecule has 0 fully saturated rings. The fraction of sp³-hybridized carbons (Fsp3) is 0.250. The van der Waals surface area contributed by atoms with E-state index >= 15 is 0 Å². The molecule has 0 saturated heterocycles. The van der Waals surface area contributed by atoms with Crippen molar-refractivity contribution in [3.05, 3.63) is 58.1 Å². The molecule has 0 aliphatic carbocycles. The lowest BCUT2D eigenvalue weighted by Gasteiger charge is -2.11. The summed E-state index contributed by atoms with van der Waals surface area (Å²) >= 11 is 3.49. The van der Waals surface area contributed by atoms with E-state index in [9.17, 15) is 0 Å². The van der Waals surface area contributed by atoms with Crippen LogP contribution in [0.1, 0.15) is 30.9 Å². The molecule has 3 heteroatoms. The van der Waals surface area contributed by atoms with Gasteiger partial charge < -0.3 is 10.5 Å². The normalized spacial score (nSPS) is 10.7. The summed E-state index contributed by atoms with van der Waals surface area (Å²) in [6.07, 6.45) is 0. The van der Waals surface area contributed by atoms with Crippen LogP contribution in [-0.2, 0) is 6.61 Å². The Balaban J connectivity index is 2.06. The van der Waals surface area contributed by atoms with Crippen molar-refractivity contribution in [2.24, 2.45) is 0 Å². The van der Waals surface area contributed by atoms with Crippen molar-refractivity contribution in [3.63, 3.8) is 0 Å². The van der Waals surface area contributed by atoms with Gasteiger partial charge in [-0.05, 0) is 35.7 Å². The summed E-state index contributed by atoms with van der Waals surface area (Å²) in [6, 6.07) is 14.0. The molecular formula is C16H18BrNO. The first-order valence-corrected chi connectivity index (χ1v) is 7.13. The number of hydrogen-bond acceptors (Lipinski definition) is 2. The monoisotopic (exact) mass is 319 g/mol. The maximum atomic E-state index is 5.94. The number of anilines is 1. The van der Waals surface area contributed by atoms with E-state index in [2.05, 4.69) is 41.9 Å². The highest BCUT2D eigenvalue weighted by molar-refractivity contribution is 9.10. The van der Waals surface area contributed by atoms with Crippen LogP contribution in [0.4, 0.5) is 5.69 Å². The molecule has 100 valence electrons. The second-order valence-electron chi connectivity index (χ2n) is 4.82. The predicted molar refractivity (Wildman–Crippen MR) is 83.4 cm³/mol. The van der Waals surface area contributed by atoms with Gasteiger partial charge in [0.15, 0.2) is 0 Å². The predicted octanol–water partition coefficient (Wildman–Crippen LogP) is 4.73. The lowest BCUT2D eigenvalue weighted by atomic mass is 10.0. The highest BCUT2D eigenvalue weighted by Crippen LogP contribution is 2.25. The third-order valence-corrected chi connectivity index (χ3v) is 3.83. The van der Waals surface area contributed by atoms with Crippen molar-refractivity contribution in [2.45, 2.75) is 26.4 Å². The Morgan fingerprint density at radius 3 is 2.37 bits per heavy atom. The maximum Gasteiger partial charge on any atom is 0.119 e. The summed E-state index contributed by atoms with van der Waals surface area (Å²) in [5.41, 5.74) is 8.98. The molecule has 0 aromatic heterocycles. The molecule has 0 bridgehead atoms. The molecule has 0 atom stereocenters. The SMILES string of the molecule is CC(C)c1ccc(OCc2c(N)cccc2Br)cc1. The minimum Gasteiger partial charge on any atom is -0.489 e. The average molecular weight is 320 g/mol. The molecule has 2 N–H and O–H groups in total. The second-order valence-corrected chi connectivity index (χ2v) is 5.67. The minimum absolute atomic E-state index is 0.467. The van der Waals surface area contributed by atoms with Crippen molar-refractivity contribution < 1.29 is 4.74 Å². The second kappa shape index (κ2) is 6.11. The zero-order valence-electron chi connectivity index (χ0n) is 11.2. The van der Waals surface area contributed by atoms with Crippen LogP contribution >= 0.6 is 15.9 Å². The zero-order chi connectivity index (χ0) is 13.8. The van der Waals surface area contributed by atoms with Gasteiger partial charge in [0.2, 0.25) is 0 Å². The van der Waals surface area contributed by atoms with Crippen LogP contribution in [0.2, 0.25) is 0 Å². The van der Waals surface area contributed by atoms with E-state index in [0.717, 1.165) is 21.5 Å². The molecule has 2 nitrogen and oxygen atoms in total. The molecule has 2 rings (SSSR count). The number of nitrogen functional groups attached to an aromatic ring is 1. The number of ether oxygens (including phenoxy) is 1. The standard InChI is InChI=1S/C16H18BrNO/c1-11(2)12-6-8-13(9-7-12)19-10-14-15(17)4-3-5-16(14)18/h3-9,11H,10,18H2,1-2H3. The average Bonchev–Trinajstić information content (AvgIpc) is 2.38. The summed E-state index contributed by atoms with van der Waals surface area (Å²) in [7, 11) is 0. The van der Waals surface area contributed by atoms with Crippen molar-refractivity contribution >= 4 is 21.6 Å². The van der Waals surface area contributed by atoms with Crippen LogP contribution in [0.5, 0.6) is 5.75 Å². The van der Waals surface area contributed by atoms with Gasteiger partial charge in [-0.2, -0.15) is 0 Å². The number of rotatable bonds is 4. The van der Waals surface area contributed by atoms with Crippen LogP contribution in [-0.4, -0.2) is 0 Å². The van der Waals surface area contributed by atoms with Gasteiger partial charge in [0, 0.05) is 15.7 Å².